The van der Waals surface area contributed by atoms with Gasteiger partial charge in [-0.25, -0.2) is 9.38 Å². The zero-order valence-electron chi connectivity index (χ0n) is 14.7. The van der Waals surface area contributed by atoms with Gasteiger partial charge >= 0.3 is 0 Å². The molecule has 0 bridgehead atoms. The Labute approximate surface area is 162 Å². The van der Waals surface area contributed by atoms with Crippen LogP contribution in [0.2, 0.25) is 0 Å². The number of hydrogen-bond donors (Lipinski definition) is 2. The van der Waals surface area contributed by atoms with Crippen LogP contribution in [-0.2, 0) is 6.54 Å². The second-order valence-corrected chi connectivity index (χ2v) is 6.28. The number of aliphatic imine (C=N–C) groups is 1. The summed E-state index contributed by atoms with van der Waals surface area (Å²) in [5, 5.41) is 6.68. The van der Waals surface area contributed by atoms with Gasteiger partial charge in [0.1, 0.15) is 5.82 Å². The number of guanidine groups is 1. The number of piperidine rings is 1. The zero-order chi connectivity index (χ0) is 16.5. The summed E-state index contributed by atoms with van der Waals surface area (Å²) in [5.74, 6) is 1.45. The lowest BCUT2D eigenvalue weighted by atomic mass is 9.94. The van der Waals surface area contributed by atoms with Crippen molar-refractivity contribution >= 4 is 29.9 Å². The summed E-state index contributed by atoms with van der Waals surface area (Å²) in [5.41, 5.74) is 1.01. The van der Waals surface area contributed by atoms with Gasteiger partial charge in [0, 0.05) is 13.1 Å². The van der Waals surface area contributed by atoms with Crippen LogP contribution < -0.4 is 10.6 Å². The minimum atomic E-state index is -0.208. The molecule has 4 nitrogen and oxygen atoms in total. The number of nitrogens with one attached hydrogen (secondary N) is 2. The SMILES string of the molecule is CCNC(=NCc1ccc(F)cc1)NCCC1CCN(C)CC1.I. The third-order valence-corrected chi connectivity index (χ3v) is 4.36. The molecule has 1 fully saturated rings. The lowest BCUT2D eigenvalue weighted by Crippen LogP contribution is -2.39. The molecule has 0 atom stereocenters. The van der Waals surface area contributed by atoms with Crippen molar-refractivity contribution in [2.24, 2.45) is 10.9 Å². The van der Waals surface area contributed by atoms with Crippen molar-refractivity contribution < 1.29 is 4.39 Å². The van der Waals surface area contributed by atoms with E-state index in [1.807, 2.05) is 0 Å². The average Bonchev–Trinajstić information content (AvgIpc) is 2.56. The van der Waals surface area contributed by atoms with Crippen molar-refractivity contribution in [3.05, 3.63) is 35.6 Å². The summed E-state index contributed by atoms with van der Waals surface area (Å²) in [6.07, 6.45) is 3.78. The van der Waals surface area contributed by atoms with Crippen LogP contribution in [-0.4, -0.2) is 44.1 Å². The first-order valence-corrected chi connectivity index (χ1v) is 8.62. The Morgan fingerprint density at radius 3 is 2.50 bits per heavy atom. The highest BCUT2D eigenvalue weighted by atomic mass is 127. The molecule has 0 radical (unpaired) electrons. The van der Waals surface area contributed by atoms with Crippen LogP contribution in [0.15, 0.2) is 29.3 Å². The standard InChI is InChI=1S/C18H29FN4.HI/c1-3-20-18(22-14-16-4-6-17(19)7-5-16)21-11-8-15-9-12-23(2)13-10-15;/h4-7,15H,3,8-14H2,1-2H3,(H2,20,21,22);1H. The summed E-state index contributed by atoms with van der Waals surface area (Å²) >= 11 is 0. The molecule has 1 heterocycles. The van der Waals surface area contributed by atoms with E-state index in [0.717, 1.165) is 30.5 Å². The van der Waals surface area contributed by atoms with Gasteiger partial charge in [-0.3, -0.25) is 0 Å². The molecule has 1 aliphatic rings. The van der Waals surface area contributed by atoms with Gasteiger partial charge in [0.15, 0.2) is 5.96 Å². The monoisotopic (exact) mass is 448 g/mol. The van der Waals surface area contributed by atoms with E-state index in [-0.39, 0.29) is 29.8 Å². The van der Waals surface area contributed by atoms with E-state index in [4.69, 9.17) is 0 Å². The molecule has 0 unspecified atom stereocenters. The van der Waals surface area contributed by atoms with Crippen LogP contribution in [0, 0.1) is 11.7 Å². The number of nitrogens with zero attached hydrogens (tertiary/aromatic N) is 2. The number of halogens is 2. The molecule has 0 aliphatic carbocycles. The number of benzene rings is 1. The van der Waals surface area contributed by atoms with Crippen LogP contribution in [0.25, 0.3) is 0 Å². The van der Waals surface area contributed by atoms with Gasteiger partial charge in [0.2, 0.25) is 0 Å². The van der Waals surface area contributed by atoms with Crippen molar-refractivity contribution in [1.82, 2.24) is 15.5 Å². The third kappa shape index (κ3) is 7.79. The van der Waals surface area contributed by atoms with Gasteiger partial charge in [-0.1, -0.05) is 12.1 Å². The first-order chi connectivity index (χ1) is 11.2. The highest BCUT2D eigenvalue weighted by molar-refractivity contribution is 14.0. The van der Waals surface area contributed by atoms with E-state index < -0.39 is 0 Å². The molecule has 1 aromatic rings. The van der Waals surface area contributed by atoms with Crippen LogP contribution in [0.5, 0.6) is 0 Å². The Kier molecular flexibility index (Phi) is 10.2. The molecule has 1 aromatic carbocycles. The number of rotatable bonds is 6. The van der Waals surface area contributed by atoms with Crippen LogP contribution in [0.3, 0.4) is 0 Å². The van der Waals surface area contributed by atoms with Gasteiger partial charge in [0.25, 0.3) is 0 Å². The fraction of sp³-hybridized carbons (Fsp3) is 0.611. The quantitative estimate of drug-likeness (QED) is 0.399. The molecule has 6 heteroatoms. The molecule has 24 heavy (non-hydrogen) atoms. The maximum atomic E-state index is 12.9. The van der Waals surface area contributed by atoms with Crippen molar-refractivity contribution in [1.29, 1.82) is 0 Å². The summed E-state index contributed by atoms with van der Waals surface area (Å²) in [6, 6.07) is 6.51. The van der Waals surface area contributed by atoms with E-state index in [2.05, 4.69) is 34.5 Å². The molecule has 0 aromatic heterocycles. The highest BCUT2D eigenvalue weighted by Gasteiger charge is 2.16. The van der Waals surface area contributed by atoms with Crippen molar-refractivity contribution in [2.45, 2.75) is 32.7 Å². The normalized spacial score (nSPS) is 16.5. The summed E-state index contributed by atoms with van der Waals surface area (Å²) in [4.78, 5) is 6.97. The number of likely N-dealkylation sites (tertiary alicyclic amines) is 1. The molecule has 2 rings (SSSR count). The zero-order valence-corrected chi connectivity index (χ0v) is 17.1. The van der Waals surface area contributed by atoms with Crippen LogP contribution >= 0.6 is 24.0 Å². The summed E-state index contributed by atoms with van der Waals surface area (Å²) in [7, 11) is 2.19. The summed E-state index contributed by atoms with van der Waals surface area (Å²) in [6.45, 7) is 6.83. The van der Waals surface area contributed by atoms with Crippen molar-refractivity contribution in [2.75, 3.05) is 33.2 Å². The minimum absolute atomic E-state index is 0. The minimum Gasteiger partial charge on any atom is -0.357 e. The van der Waals surface area contributed by atoms with Crippen molar-refractivity contribution in [3.63, 3.8) is 0 Å². The lowest BCUT2D eigenvalue weighted by Gasteiger charge is -2.29. The van der Waals surface area contributed by atoms with Crippen LogP contribution in [0.1, 0.15) is 31.7 Å². The maximum Gasteiger partial charge on any atom is 0.191 e. The number of hydrogen-bond acceptors (Lipinski definition) is 2. The molecule has 0 amide bonds. The predicted octanol–water partition coefficient (Wildman–Crippen LogP) is 3.23. The van der Waals surface area contributed by atoms with Gasteiger partial charge in [-0.15, -0.1) is 24.0 Å². The van der Waals surface area contributed by atoms with Crippen LogP contribution in [0.4, 0.5) is 4.39 Å². The molecule has 0 saturated carbocycles. The van der Waals surface area contributed by atoms with Crippen molar-refractivity contribution in [3.8, 4) is 0 Å². The van der Waals surface area contributed by atoms with Gasteiger partial charge < -0.3 is 15.5 Å². The van der Waals surface area contributed by atoms with Gasteiger partial charge in [-0.05, 0) is 69.9 Å². The molecular formula is C18H30FIN4. The first-order valence-electron chi connectivity index (χ1n) is 8.62. The summed E-state index contributed by atoms with van der Waals surface area (Å²) < 4.78 is 12.9. The molecule has 1 saturated heterocycles. The van der Waals surface area contributed by atoms with Gasteiger partial charge in [0.05, 0.1) is 6.54 Å². The van der Waals surface area contributed by atoms with E-state index in [1.54, 1.807) is 12.1 Å². The molecule has 1 aliphatic heterocycles. The highest BCUT2D eigenvalue weighted by Crippen LogP contribution is 2.18. The largest absolute Gasteiger partial charge is 0.357 e. The maximum absolute atomic E-state index is 12.9. The second kappa shape index (κ2) is 11.6. The van der Waals surface area contributed by atoms with E-state index in [9.17, 15) is 4.39 Å². The Hall–Kier alpha value is -0.890. The topological polar surface area (TPSA) is 39.7 Å². The van der Waals surface area contributed by atoms with E-state index in [1.165, 1.54) is 44.5 Å². The Balaban J connectivity index is 0.00000288. The Bertz CT molecular complexity index is 484. The first kappa shape index (κ1) is 21.2. The molecule has 2 N–H and O–H groups in total. The van der Waals surface area contributed by atoms with E-state index in [0.29, 0.717) is 6.54 Å². The molecule has 0 spiro atoms. The average molecular weight is 448 g/mol. The second-order valence-electron chi connectivity index (χ2n) is 6.28. The smallest absolute Gasteiger partial charge is 0.191 e. The Morgan fingerprint density at radius 1 is 1.21 bits per heavy atom. The lowest BCUT2D eigenvalue weighted by molar-refractivity contribution is 0.213. The Morgan fingerprint density at radius 2 is 1.88 bits per heavy atom. The third-order valence-electron chi connectivity index (χ3n) is 4.36. The fourth-order valence-corrected chi connectivity index (χ4v) is 2.85. The fourth-order valence-electron chi connectivity index (χ4n) is 2.85. The molecular weight excluding hydrogens is 418 g/mol. The molecule has 136 valence electrons. The van der Waals surface area contributed by atoms with E-state index >= 15 is 0 Å². The van der Waals surface area contributed by atoms with Gasteiger partial charge in [-0.2, -0.15) is 0 Å². The predicted molar refractivity (Wildman–Crippen MR) is 109 cm³/mol.